The van der Waals surface area contributed by atoms with Crippen LogP contribution in [0.2, 0.25) is 0 Å². The summed E-state index contributed by atoms with van der Waals surface area (Å²) in [5.41, 5.74) is 1.99. The molecule has 1 heterocycles. The third kappa shape index (κ3) is 2.68. The fraction of sp³-hybridized carbons (Fsp3) is 0.250. The molecule has 1 fully saturated rings. The van der Waals surface area contributed by atoms with Crippen molar-refractivity contribution in [3.05, 3.63) is 95.3 Å². The molecule has 29 heavy (non-hydrogen) atoms. The summed E-state index contributed by atoms with van der Waals surface area (Å²) in [5, 5.41) is 0. The first kappa shape index (κ1) is 18.8. The van der Waals surface area contributed by atoms with Gasteiger partial charge in [-0.2, -0.15) is 0 Å². The normalized spacial score (nSPS) is 26.1. The zero-order valence-corrected chi connectivity index (χ0v) is 17.3. The Morgan fingerprint density at radius 1 is 0.966 bits per heavy atom. The molecule has 3 aromatic rings. The third-order valence-corrected chi connectivity index (χ3v) is 6.95. The lowest BCUT2D eigenvalue weighted by Gasteiger charge is -2.31. The molecule has 148 valence electrons. The summed E-state index contributed by atoms with van der Waals surface area (Å²) >= 11 is 13.8. The van der Waals surface area contributed by atoms with Gasteiger partial charge < -0.3 is 9.47 Å². The van der Waals surface area contributed by atoms with Gasteiger partial charge in [0, 0.05) is 11.5 Å². The summed E-state index contributed by atoms with van der Waals surface area (Å²) in [7, 11) is 0. The van der Waals surface area contributed by atoms with E-state index in [9.17, 15) is 4.39 Å². The van der Waals surface area contributed by atoms with E-state index in [2.05, 4.69) is 0 Å². The molecule has 0 amide bonds. The van der Waals surface area contributed by atoms with Crippen LogP contribution in [-0.2, 0) is 5.60 Å². The van der Waals surface area contributed by atoms with Crippen molar-refractivity contribution in [2.24, 2.45) is 5.92 Å². The van der Waals surface area contributed by atoms with E-state index in [1.807, 2.05) is 55.5 Å². The Morgan fingerprint density at radius 2 is 1.66 bits per heavy atom. The molecule has 5 rings (SSSR count). The minimum atomic E-state index is -1.13. The van der Waals surface area contributed by atoms with E-state index in [0.29, 0.717) is 6.61 Å². The monoisotopic (exact) mass is 428 g/mol. The second-order valence-electron chi connectivity index (χ2n) is 7.46. The van der Waals surface area contributed by atoms with Gasteiger partial charge in [0.15, 0.2) is 9.93 Å². The summed E-state index contributed by atoms with van der Waals surface area (Å²) in [5.74, 6) is 0.936. The van der Waals surface area contributed by atoms with Crippen LogP contribution in [0.4, 0.5) is 4.39 Å². The molecular weight excluding hydrogens is 410 g/mol. The number of alkyl halides is 2. The van der Waals surface area contributed by atoms with Crippen molar-refractivity contribution < 1.29 is 13.9 Å². The summed E-state index contributed by atoms with van der Waals surface area (Å²) < 4.78 is 24.5. The molecule has 0 saturated heterocycles. The molecule has 1 saturated carbocycles. The highest BCUT2D eigenvalue weighted by molar-refractivity contribution is 6.52. The molecular formula is C24H19Cl2FO2. The predicted molar refractivity (Wildman–Crippen MR) is 113 cm³/mol. The van der Waals surface area contributed by atoms with Gasteiger partial charge in [-0.15, -0.1) is 0 Å². The van der Waals surface area contributed by atoms with Crippen LogP contribution in [0.15, 0.2) is 72.8 Å². The highest BCUT2D eigenvalue weighted by atomic mass is 35.5. The molecule has 0 aromatic heterocycles. The SMILES string of the molecule is CCOc1ccc(C23Oc4ccccc4C(c4ccc(F)cc4)C2C3(Cl)Cl)cc1. The lowest BCUT2D eigenvalue weighted by atomic mass is 9.82. The molecule has 3 atom stereocenters. The van der Waals surface area contributed by atoms with E-state index in [1.165, 1.54) is 12.1 Å². The van der Waals surface area contributed by atoms with Crippen molar-refractivity contribution in [1.82, 2.24) is 0 Å². The van der Waals surface area contributed by atoms with Crippen LogP contribution in [0.25, 0.3) is 0 Å². The Morgan fingerprint density at radius 3 is 2.34 bits per heavy atom. The van der Waals surface area contributed by atoms with Gasteiger partial charge in [-0.3, -0.25) is 0 Å². The van der Waals surface area contributed by atoms with Crippen LogP contribution in [-0.4, -0.2) is 10.9 Å². The molecule has 2 aliphatic rings. The third-order valence-electron chi connectivity index (χ3n) is 5.92. The van der Waals surface area contributed by atoms with Gasteiger partial charge in [-0.05, 0) is 48.4 Å². The summed E-state index contributed by atoms with van der Waals surface area (Å²) in [6.45, 7) is 2.54. The van der Waals surface area contributed by atoms with Crippen LogP contribution in [0.5, 0.6) is 11.5 Å². The van der Waals surface area contributed by atoms with Crippen molar-refractivity contribution in [1.29, 1.82) is 0 Å². The lowest BCUT2D eigenvalue weighted by molar-refractivity contribution is 0.137. The largest absolute Gasteiger partial charge is 0.494 e. The Labute approximate surface area is 179 Å². The molecule has 0 spiro atoms. The molecule has 5 heteroatoms. The first-order chi connectivity index (χ1) is 14.0. The Bertz CT molecular complexity index is 1050. The summed E-state index contributed by atoms with van der Waals surface area (Å²) in [4.78, 5) is 0. The number of hydrogen-bond donors (Lipinski definition) is 0. The molecule has 3 unspecified atom stereocenters. The maximum absolute atomic E-state index is 13.6. The van der Waals surface area contributed by atoms with Crippen molar-refractivity contribution in [3.63, 3.8) is 0 Å². The topological polar surface area (TPSA) is 18.5 Å². The number of para-hydroxylation sites is 1. The van der Waals surface area contributed by atoms with E-state index in [0.717, 1.165) is 28.2 Å². The van der Waals surface area contributed by atoms with Crippen molar-refractivity contribution in [3.8, 4) is 11.5 Å². The highest BCUT2D eigenvalue weighted by Gasteiger charge is 2.83. The van der Waals surface area contributed by atoms with Gasteiger partial charge in [0.1, 0.15) is 17.3 Å². The van der Waals surface area contributed by atoms with Gasteiger partial charge in [0.2, 0.25) is 0 Å². The molecule has 0 radical (unpaired) electrons. The molecule has 2 nitrogen and oxygen atoms in total. The van der Waals surface area contributed by atoms with Crippen LogP contribution in [0.1, 0.15) is 29.5 Å². The lowest BCUT2D eigenvalue weighted by Crippen LogP contribution is -2.28. The first-order valence-electron chi connectivity index (χ1n) is 9.63. The molecule has 0 bridgehead atoms. The van der Waals surface area contributed by atoms with E-state index < -0.39 is 9.93 Å². The minimum absolute atomic E-state index is 0.109. The Hall–Kier alpha value is -2.23. The zero-order chi connectivity index (χ0) is 20.2. The van der Waals surface area contributed by atoms with E-state index in [-0.39, 0.29) is 17.7 Å². The van der Waals surface area contributed by atoms with E-state index >= 15 is 0 Å². The quantitative estimate of drug-likeness (QED) is 0.444. The number of hydrogen-bond acceptors (Lipinski definition) is 2. The van der Waals surface area contributed by atoms with Gasteiger partial charge >= 0.3 is 0 Å². The Balaban J connectivity index is 1.65. The van der Waals surface area contributed by atoms with Crippen LogP contribution in [0, 0.1) is 11.7 Å². The molecule has 3 aromatic carbocycles. The van der Waals surface area contributed by atoms with Crippen LogP contribution < -0.4 is 9.47 Å². The highest BCUT2D eigenvalue weighted by Crippen LogP contribution is 2.77. The van der Waals surface area contributed by atoms with Gasteiger partial charge in [0.25, 0.3) is 0 Å². The number of benzene rings is 3. The fourth-order valence-corrected chi connectivity index (χ4v) is 5.58. The van der Waals surface area contributed by atoms with E-state index in [1.54, 1.807) is 12.1 Å². The average Bonchev–Trinajstić information content (AvgIpc) is 3.23. The maximum Gasteiger partial charge on any atom is 0.174 e. The molecule has 1 aliphatic heterocycles. The predicted octanol–water partition coefficient (Wildman–Crippen LogP) is 6.45. The van der Waals surface area contributed by atoms with Gasteiger partial charge in [-0.25, -0.2) is 4.39 Å². The fourth-order valence-electron chi connectivity index (χ4n) is 4.60. The van der Waals surface area contributed by atoms with Crippen molar-refractivity contribution in [2.75, 3.05) is 6.61 Å². The summed E-state index contributed by atoms with van der Waals surface area (Å²) in [6, 6.07) is 22.1. The van der Waals surface area contributed by atoms with Gasteiger partial charge in [-0.1, -0.05) is 65.7 Å². The second-order valence-corrected chi connectivity index (χ2v) is 8.85. The maximum atomic E-state index is 13.6. The average molecular weight is 429 g/mol. The Kier molecular flexibility index (Phi) is 4.30. The van der Waals surface area contributed by atoms with Crippen LogP contribution >= 0.6 is 23.2 Å². The second kappa shape index (κ2) is 6.65. The molecule has 0 N–H and O–H groups in total. The minimum Gasteiger partial charge on any atom is -0.494 e. The number of rotatable bonds is 4. The smallest absolute Gasteiger partial charge is 0.174 e. The molecule has 1 aliphatic carbocycles. The first-order valence-corrected chi connectivity index (χ1v) is 10.4. The van der Waals surface area contributed by atoms with Crippen LogP contribution in [0.3, 0.4) is 0 Å². The summed E-state index contributed by atoms with van der Waals surface area (Å²) in [6.07, 6.45) is 0. The van der Waals surface area contributed by atoms with Crippen molar-refractivity contribution >= 4 is 23.2 Å². The van der Waals surface area contributed by atoms with Gasteiger partial charge in [0.05, 0.1) is 12.5 Å². The number of ether oxygens (including phenoxy) is 2. The number of fused-ring (bicyclic) bond motifs is 2. The van der Waals surface area contributed by atoms with E-state index in [4.69, 9.17) is 32.7 Å². The number of halogens is 3. The standard InChI is InChI=1S/C24H19Cl2FO2/c1-2-28-18-13-9-16(10-14-18)23-22(24(23,25)26)21(15-7-11-17(27)12-8-15)19-5-3-4-6-20(19)29-23/h3-14,21-22H,2H2,1H3. The van der Waals surface area contributed by atoms with Crippen molar-refractivity contribution in [2.45, 2.75) is 22.8 Å². The zero-order valence-electron chi connectivity index (χ0n) is 15.7.